The molecule has 5 nitrogen and oxygen atoms in total. The molecule has 20 heavy (non-hydrogen) atoms. The van der Waals surface area contributed by atoms with Gasteiger partial charge in [0.05, 0.1) is 25.3 Å². The van der Waals surface area contributed by atoms with E-state index in [1.807, 2.05) is 0 Å². The van der Waals surface area contributed by atoms with Gasteiger partial charge in [0.25, 0.3) is 0 Å². The van der Waals surface area contributed by atoms with Crippen molar-refractivity contribution >= 4 is 5.91 Å². The third-order valence-corrected chi connectivity index (χ3v) is 4.49. The van der Waals surface area contributed by atoms with Crippen molar-refractivity contribution in [2.75, 3.05) is 13.2 Å². The molecular formula is C15H21N3O2. The SMILES string of the molecule is C#C[C@@H]1CC[C@@H](C#N)N1C(=O)CNC1(CO)CCCC1. The van der Waals surface area contributed by atoms with Crippen molar-refractivity contribution in [2.45, 2.75) is 56.1 Å². The second kappa shape index (κ2) is 6.26. The van der Waals surface area contributed by atoms with E-state index in [9.17, 15) is 9.90 Å². The number of nitrogens with zero attached hydrogens (tertiary/aromatic N) is 2. The minimum atomic E-state index is -0.418. The topological polar surface area (TPSA) is 76.4 Å². The molecule has 0 spiro atoms. The quantitative estimate of drug-likeness (QED) is 0.728. The number of carbonyl (C=O) groups is 1. The Bertz CT molecular complexity index is 421. The minimum Gasteiger partial charge on any atom is -0.394 e. The van der Waals surface area contributed by atoms with Crippen LogP contribution in [-0.2, 0) is 4.79 Å². The zero-order valence-corrected chi connectivity index (χ0v) is 11.6. The van der Waals surface area contributed by atoms with Crippen molar-refractivity contribution in [3.63, 3.8) is 0 Å². The van der Waals surface area contributed by atoms with Gasteiger partial charge in [-0.05, 0) is 25.7 Å². The third-order valence-electron chi connectivity index (χ3n) is 4.49. The van der Waals surface area contributed by atoms with E-state index < -0.39 is 6.04 Å². The van der Waals surface area contributed by atoms with Gasteiger partial charge < -0.3 is 15.3 Å². The highest BCUT2D eigenvalue weighted by Crippen LogP contribution is 2.29. The molecule has 1 aliphatic carbocycles. The monoisotopic (exact) mass is 275 g/mol. The largest absolute Gasteiger partial charge is 0.394 e. The Morgan fingerprint density at radius 2 is 2.05 bits per heavy atom. The van der Waals surface area contributed by atoms with Crippen LogP contribution in [0.15, 0.2) is 0 Å². The number of amides is 1. The molecule has 1 heterocycles. The van der Waals surface area contributed by atoms with E-state index in [0.29, 0.717) is 12.8 Å². The van der Waals surface area contributed by atoms with E-state index in [1.165, 1.54) is 4.90 Å². The van der Waals surface area contributed by atoms with E-state index in [-0.39, 0.29) is 30.6 Å². The second-order valence-electron chi connectivity index (χ2n) is 5.70. The number of likely N-dealkylation sites (tertiary alicyclic amines) is 1. The molecule has 0 aromatic heterocycles. The molecule has 2 N–H and O–H groups in total. The lowest BCUT2D eigenvalue weighted by Gasteiger charge is -2.30. The van der Waals surface area contributed by atoms with Crippen LogP contribution < -0.4 is 5.32 Å². The van der Waals surface area contributed by atoms with Gasteiger partial charge in [-0.2, -0.15) is 5.26 Å². The third kappa shape index (κ3) is 2.80. The second-order valence-corrected chi connectivity index (χ2v) is 5.70. The maximum atomic E-state index is 12.3. The Morgan fingerprint density at radius 3 is 2.60 bits per heavy atom. The van der Waals surface area contributed by atoms with Crippen LogP contribution >= 0.6 is 0 Å². The standard InChI is InChI=1S/C15H21N3O2/c1-2-12-5-6-13(9-16)18(12)14(20)10-17-15(11-19)7-3-4-8-15/h1,12-13,17,19H,3-8,10-11H2/t12-,13+/m1/s1. The van der Waals surface area contributed by atoms with Crippen LogP contribution in [0.2, 0.25) is 0 Å². The van der Waals surface area contributed by atoms with Crippen LogP contribution in [0.25, 0.3) is 0 Å². The summed E-state index contributed by atoms with van der Waals surface area (Å²) in [6.07, 6.45) is 10.7. The summed E-state index contributed by atoms with van der Waals surface area (Å²) in [6, 6.07) is 1.45. The van der Waals surface area contributed by atoms with Crippen molar-refractivity contribution < 1.29 is 9.90 Å². The van der Waals surface area contributed by atoms with E-state index in [0.717, 1.165) is 25.7 Å². The van der Waals surface area contributed by atoms with Gasteiger partial charge in [0.15, 0.2) is 0 Å². The van der Waals surface area contributed by atoms with Gasteiger partial charge in [-0.1, -0.05) is 18.8 Å². The van der Waals surface area contributed by atoms with Crippen molar-refractivity contribution in [3.05, 3.63) is 0 Å². The van der Waals surface area contributed by atoms with Crippen LogP contribution in [0.4, 0.5) is 0 Å². The van der Waals surface area contributed by atoms with Crippen LogP contribution in [0.1, 0.15) is 38.5 Å². The lowest BCUT2D eigenvalue weighted by Crippen LogP contribution is -2.52. The molecule has 1 saturated carbocycles. The zero-order valence-electron chi connectivity index (χ0n) is 11.6. The number of nitrogens with one attached hydrogen (secondary N) is 1. The average Bonchev–Trinajstić information content (AvgIpc) is 3.11. The normalized spacial score (nSPS) is 28.1. The van der Waals surface area contributed by atoms with Gasteiger partial charge in [-0.3, -0.25) is 4.79 Å². The molecule has 108 valence electrons. The molecule has 1 amide bonds. The molecule has 2 atom stereocenters. The fraction of sp³-hybridized carbons (Fsp3) is 0.733. The zero-order chi connectivity index (χ0) is 14.6. The fourth-order valence-electron chi connectivity index (χ4n) is 3.25. The summed E-state index contributed by atoms with van der Waals surface area (Å²) in [5, 5.41) is 21.8. The van der Waals surface area contributed by atoms with E-state index in [1.54, 1.807) is 0 Å². The smallest absolute Gasteiger partial charge is 0.238 e. The number of rotatable bonds is 4. The summed E-state index contributed by atoms with van der Waals surface area (Å²) in [4.78, 5) is 13.9. The van der Waals surface area contributed by atoms with Gasteiger partial charge >= 0.3 is 0 Å². The first-order chi connectivity index (χ1) is 9.65. The van der Waals surface area contributed by atoms with Crippen LogP contribution in [-0.4, -0.2) is 46.7 Å². The molecule has 0 aromatic carbocycles. The molecule has 5 heteroatoms. The number of terminal acetylenes is 1. The number of hydrogen-bond donors (Lipinski definition) is 2. The molecule has 2 aliphatic rings. The summed E-state index contributed by atoms with van der Waals surface area (Å²) < 4.78 is 0. The van der Waals surface area contributed by atoms with Gasteiger partial charge in [-0.25, -0.2) is 0 Å². The van der Waals surface area contributed by atoms with Crippen LogP contribution in [0, 0.1) is 23.7 Å². The highest BCUT2D eigenvalue weighted by molar-refractivity contribution is 5.80. The molecule has 0 aromatic rings. The highest BCUT2D eigenvalue weighted by atomic mass is 16.3. The van der Waals surface area contributed by atoms with Gasteiger partial charge in [0, 0.05) is 5.54 Å². The first kappa shape index (κ1) is 14.8. The van der Waals surface area contributed by atoms with Crippen molar-refractivity contribution in [1.29, 1.82) is 5.26 Å². The van der Waals surface area contributed by atoms with Gasteiger partial charge in [0.1, 0.15) is 6.04 Å². The Hall–Kier alpha value is -1.56. The van der Waals surface area contributed by atoms with E-state index in [2.05, 4.69) is 17.3 Å². The van der Waals surface area contributed by atoms with E-state index >= 15 is 0 Å². The summed E-state index contributed by atoms with van der Waals surface area (Å²) in [5.74, 6) is 2.45. The van der Waals surface area contributed by atoms with E-state index in [4.69, 9.17) is 11.7 Å². The first-order valence-electron chi connectivity index (χ1n) is 7.18. The molecule has 0 radical (unpaired) electrons. The number of nitriles is 1. The fourth-order valence-corrected chi connectivity index (χ4v) is 3.25. The Morgan fingerprint density at radius 1 is 1.40 bits per heavy atom. The maximum absolute atomic E-state index is 12.3. The summed E-state index contributed by atoms with van der Waals surface area (Å²) in [6.45, 7) is 0.178. The molecule has 2 rings (SSSR count). The van der Waals surface area contributed by atoms with Crippen LogP contribution in [0.5, 0.6) is 0 Å². The molecule has 0 bridgehead atoms. The molecular weight excluding hydrogens is 254 g/mol. The molecule has 2 fully saturated rings. The van der Waals surface area contributed by atoms with Crippen molar-refractivity contribution in [2.24, 2.45) is 0 Å². The number of carbonyl (C=O) groups excluding carboxylic acids is 1. The van der Waals surface area contributed by atoms with Crippen molar-refractivity contribution in [1.82, 2.24) is 10.2 Å². The first-order valence-corrected chi connectivity index (χ1v) is 7.18. The molecule has 0 unspecified atom stereocenters. The number of hydrogen-bond acceptors (Lipinski definition) is 4. The molecule has 1 aliphatic heterocycles. The Kier molecular flexibility index (Phi) is 4.65. The average molecular weight is 275 g/mol. The number of aliphatic hydroxyl groups is 1. The van der Waals surface area contributed by atoms with Crippen molar-refractivity contribution in [3.8, 4) is 18.4 Å². The lowest BCUT2D eigenvalue weighted by atomic mass is 9.99. The molecule has 1 saturated heterocycles. The Balaban J connectivity index is 1.97. The highest BCUT2D eigenvalue weighted by Gasteiger charge is 2.38. The summed E-state index contributed by atoms with van der Waals surface area (Å²) >= 11 is 0. The maximum Gasteiger partial charge on any atom is 0.238 e. The Labute approximate surface area is 119 Å². The number of aliphatic hydroxyl groups excluding tert-OH is 1. The summed E-state index contributed by atoms with van der Waals surface area (Å²) in [7, 11) is 0. The van der Waals surface area contributed by atoms with Gasteiger partial charge in [0.2, 0.25) is 5.91 Å². The van der Waals surface area contributed by atoms with Gasteiger partial charge in [-0.15, -0.1) is 6.42 Å². The minimum absolute atomic E-state index is 0.0422. The lowest BCUT2D eigenvalue weighted by molar-refractivity contribution is -0.131. The summed E-state index contributed by atoms with van der Waals surface area (Å²) in [5.41, 5.74) is -0.330. The predicted octanol–water partition coefficient (Wildman–Crippen LogP) is 0.397. The van der Waals surface area contributed by atoms with Crippen LogP contribution in [0.3, 0.4) is 0 Å². The predicted molar refractivity (Wildman–Crippen MR) is 74.4 cm³/mol.